The van der Waals surface area contributed by atoms with E-state index in [1.807, 2.05) is 23.1 Å². The van der Waals surface area contributed by atoms with Crippen molar-refractivity contribution in [3.8, 4) is 0 Å². The van der Waals surface area contributed by atoms with Gasteiger partial charge in [-0.05, 0) is 44.1 Å². The van der Waals surface area contributed by atoms with Gasteiger partial charge in [0.1, 0.15) is 0 Å². The Bertz CT molecular complexity index is 594. The molecular formula is C14H15ClF2N2S. The van der Waals surface area contributed by atoms with Gasteiger partial charge in [-0.2, -0.15) is 0 Å². The number of likely N-dealkylation sites (tertiary alicyclic amines) is 1. The summed E-state index contributed by atoms with van der Waals surface area (Å²) < 4.78 is 25.8. The molecule has 2 nitrogen and oxygen atoms in total. The van der Waals surface area contributed by atoms with Crippen molar-refractivity contribution >= 4 is 33.2 Å². The molecule has 1 fully saturated rings. The molecule has 0 atom stereocenters. The maximum Gasteiger partial charge on any atom is 0.251 e. The summed E-state index contributed by atoms with van der Waals surface area (Å²) in [5.41, 5.74) is 0.938. The highest BCUT2D eigenvalue weighted by Crippen LogP contribution is 2.34. The van der Waals surface area contributed by atoms with Crippen LogP contribution in [0.4, 0.5) is 8.78 Å². The minimum atomic E-state index is -2.24. The Morgan fingerprint density at radius 2 is 2.10 bits per heavy atom. The number of halogens is 3. The van der Waals surface area contributed by atoms with Gasteiger partial charge in [-0.25, -0.2) is 13.8 Å². The minimum Gasteiger partial charge on any atom is -0.298 e. The fourth-order valence-corrected chi connectivity index (χ4v) is 3.93. The summed E-state index contributed by atoms with van der Waals surface area (Å²) in [6, 6.07) is 5.74. The molecule has 0 N–H and O–H groups in total. The van der Waals surface area contributed by atoms with Crippen molar-refractivity contribution in [3.05, 3.63) is 28.2 Å². The summed E-state index contributed by atoms with van der Waals surface area (Å²) >= 11 is 7.66. The van der Waals surface area contributed by atoms with Gasteiger partial charge >= 0.3 is 0 Å². The highest BCUT2D eigenvalue weighted by Gasteiger charge is 2.24. The predicted molar refractivity (Wildman–Crippen MR) is 79.0 cm³/mol. The standard InChI is InChI=1S/C14H15ClF2N2S/c15-10-1-2-12-11(7-10)18-14(20-12)9-3-5-19(6-4-9)8-13(16)17/h1-2,7,9,13H,3-6,8H2. The number of fused-ring (bicyclic) bond motifs is 1. The zero-order valence-corrected chi connectivity index (χ0v) is 12.4. The lowest BCUT2D eigenvalue weighted by Gasteiger charge is -2.30. The first-order valence-electron chi connectivity index (χ1n) is 6.68. The highest BCUT2D eigenvalue weighted by molar-refractivity contribution is 7.18. The molecule has 0 spiro atoms. The molecule has 0 radical (unpaired) electrons. The molecule has 0 aliphatic carbocycles. The Kier molecular flexibility index (Phi) is 4.19. The first kappa shape index (κ1) is 14.2. The lowest BCUT2D eigenvalue weighted by molar-refractivity contribution is 0.0754. The fraction of sp³-hybridized carbons (Fsp3) is 0.500. The van der Waals surface area contributed by atoms with Crippen LogP contribution in [0.25, 0.3) is 10.2 Å². The van der Waals surface area contributed by atoms with Crippen molar-refractivity contribution in [1.82, 2.24) is 9.88 Å². The lowest BCUT2D eigenvalue weighted by Crippen LogP contribution is -2.36. The average molecular weight is 317 g/mol. The molecule has 0 unspecified atom stereocenters. The van der Waals surface area contributed by atoms with Gasteiger partial charge in [-0.15, -0.1) is 11.3 Å². The third kappa shape index (κ3) is 3.10. The van der Waals surface area contributed by atoms with Gasteiger partial charge in [-0.1, -0.05) is 11.6 Å². The van der Waals surface area contributed by atoms with Gasteiger partial charge in [0.2, 0.25) is 0 Å². The average Bonchev–Trinajstić information content (AvgIpc) is 2.81. The van der Waals surface area contributed by atoms with Crippen LogP contribution in [0.3, 0.4) is 0 Å². The number of aromatic nitrogens is 1. The zero-order chi connectivity index (χ0) is 14.1. The van der Waals surface area contributed by atoms with E-state index in [1.165, 1.54) is 0 Å². The van der Waals surface area contributed by atoms with E-state index in [-0.39, 0.29) is 6.54 Å². The van der Waals surface area contributed by atoms with E-state index in [4.69, 9.17) is 11.6 Å². The molecule has 3 rings (SSSR count). The van der Waals surface area contributed by atoms with E-state index in [0.717, 1.165) is 41.2 Å². The number of rotatable bonds is 3. The smallest absolute Gasteiger partial charge is 0.251 e. The van der Waals surface area contributed by atoms with Gasteiger partial charge < -0.3 is 0 Å². The van der Waals surface area contributed by atoms with Crippen LogP contribution in [0.2, 0.25) is 5.02 Å². The summed E-state index contributed by atoms with van der Waals surface area (Å²) in [7, 11) is 0. The van der Waals surface area contributed by atoms with E-state index in [2.05, 4.69) is 4.98 Å². The molecule has 20 heavy (non-hydrogen) atoms. The summed E-state index contributed by atoms with van der Waals surface area (Å²) in [6.07, 6.45) is -0.434. The molecule has 1 aromatic carbocycles. The van der Waals surface area contributed by atoms with Crippen LogP contribution in [0, 0.1) is 0 Å². The molecule has 0 bridgehead atoms. The van der Waals surface area contributed by atoms with Crippen LogP contribution in [0.5, 0.6) is 0 Å². The monoisotopic (exact) mass is 316 g/mol. The van der Waals surface area contributed by atoms with Crippen molar-refractivity contribution in [2.24, 2.45) is 0 Å². The topological polar surface area (TPSA) is 16.1 Å². The highest BCUT2D eigenvalue weighted by atomic mass is 35.5. The van der Waals surface area contributed by atoms with Gasteiger partial charge in [-0.3, -0.25) is 4.90 Å². The van der Waals surface area contributed by atoms with Crippen molar-refractivity contribution in [2.75, 3.05) is 19.6 Å². The Labute approximate surface area is 125 Å². The number of piperidine rings is 1. The second-order valence-electron chi connectivity index (χ2n) is 5.13. The van der Waals surface area contributed by atoms with Gasteiger partial charge in [0, 0.05) is 10.9 Å². The van der Waals surface area contributed by atoms with E-state index in [9.17, 15) is 8.78 Å². The molecule has 0 saturated carbocycles. The number of hydrogen-bond acceptors (Lipinski definition) is 3. The van der Waals surface area contributed by atoms with Crippen LogP contribution in [0.1, 0.15) is 23.8 Å². The number of thiazole rings is 1. The predicted octanol–water partition coefficient (Wildman–Crippen LogP) is 4.39. The van der Waals surface area contributed by atoms with Crippen molar-refractivity contribution in [1.29, 1.82) is 0 Å². The van der Waals surface area contributed by atoms with Gasteiger partial charge in [0.05, 0.1) is 21.8 Å². The second-order valence-corrected chi connectivity index (χ2v) is 6.63. The van der Waals surface area contributed by atoms with Crippen molar-refractivity contribution < 1.29 is 8.78 Å². The molecule has 6 heteroatoms. The first-order chi connectivity index (χ1) is 9.61. The number of nitrogens with zero attached hydrogens (tertiary/aromatic N) is 2. The number of benzene rings is 1. The first-order valence-corrected chi connectivity index (χ1v) is 7.88. The molecule has 1 aromatic heterocycles. The Morgan fingerprint density at radius 1 is 1.35 bits per heavy atom. The third-order valence-corrected chi connectivity index (χ3v) is 5.13. The van der Waals surface area contributed by atoms with Gasteiger partial charge in [0.15, 0.2) is 0 Å². The van der Waals surface area contributed by atoms with Crippen molar-refractivity contribution in [3.63, 3.8) is 0 Å². The Morgan fingerprint density at radius 3 is 2.80 bits per heavy atom. The van der Waals surface area contributed by atoms with Gasteiger partial charge in [0.25, 0.3) is 6.43 Å². The molecule has 1 aliphatic heterocycles. The molecule has 1 aliphatic rings. The molecule has 1 saturated heterocycles. The lowest BCUT2D eigenvalue weighted by atomic mass is 9.97. The van der Waals surface area contributed by atoms with Crippen LogP contribution < -0.4 is 0 Å². The molecule has 108 valence electrons. The zero-order valence-electron chi connectivity index (χ0n) is 10.9. The third-order valence-electron chi connectivity index (χ3n) is 3.70. The Balaban J connectivity index is 1.70. The second kappa shape index (κ2) is 5.92. The van der Waals surface area contributed by atoms with E-state index in [1.54, 1.807) is 11.3 Å². The molecule has 2 aromatic rings. The summed E-state index contributed by atoms with van der Waals surface area (Å²) in [5.74, 6) is 0.389. The number of hydrogen-bond donors (Lipinski definition) is 0. The summed E-state index contributed by atoms with van der Waals surface area (Å²) in [5, 5.41) is 1.81. The minimum absolute atomic E-state index is 0.109. The largest absolute Gasteiger partial charge is 0.298 e. The van der Waals surface area contributed by atoms with Crippen LogP contribution in [0.15, 0.2) is 18.2 Å². The van der Waals surface area contributed by atoms with E-state index in [0.29, 0.717) is 10.9 Å². The SMILES string of the molecule is FC(F)CN1CCC(c2nc3cc(Cl)ccc3s2)CC1. The Hall–Kier alpha value is -0.780. The molecule has 2 heterocycles. The normalized spacial score (nSPS) is 18.2. The van der Waals surface area contributed by atoms with E-state index < -0.39 is 6.43 Å². The number of alkyl halides is 2. The molecule has 0 amide bonds. The van der Waals surface area contributed by atoms with E-state index >= 15 is 0 Å². The fourth-order valence-electron chi connectivity index (χ4n) is 2.65. The summed E-state index contributed by atoms with van der Waals surface area (Å²) in [6.45, 7) is 1.35. The maximum absolute atomic E-state index is 12.4. The molecular weight excluding hydrogens is 302 g/mol. The quantitative estimate of drug-likeness (QED) is 0.834. The van der Waals surface area contributed by atoms with Crippen LogP contribution in [-0.4, -0.2) is 35.9 Å². The summed E-state index contributed by atoms with van der Waals surface area (Å²) in [4.78, 5) is 6.49. The maximum atomic E-state index is 12.4. The van der Waals surface area contributed by atoms with Crippen LogP contribution >= 0.6 is 22.9 Å². The van der Waals surface area contributed by atoms with Crippen molar-refractivity contribution in [2.45, 2.75) is 25.2 Å². The van der Waals surface area contributed by atoms with Crippen LogP contribution in [-0.2, 0) is 0 Å².